The van der Waals surface area contributed by atoms with E-state index in [1.807, 2.05) is 0 Å². The molecule has 3 aromatic rings. The highest BCUT2D eigenvalue weighted by atomic mass is 19.1. The lowest BCUT2D eigenvalue weighted by molar-refractivity contribution is 0.0697. The van der Waals surface area contributed by atoms with E-state index >= 15 is 0 Å². The van der Waals surface area contributed by atoms with E-state index in [1.54, 1.807) is 25.1 Å². The number of carboxylic acids is 1. The Morgan fingerprint density at radius 3 is 2.59 bits per heavy atom. The van der Waals surface area contributed by atoms with E-state index in [9.17, 15) is 14.3 Å². The van der Waals surface area contributed by atoms with Crippen LogP contribution < -0.4 is 0 Å². The molecule has 0 saturated heterocycles. The molecule has 0 spiro atoms. The summed E-state index contributed by atoms with van der Waals surface area (Å²) in [5.74, 6) is -1.20. The zero-order chi connectivity index (χ0) is 15.7. The molecule has 2 N–H and O–H groups in total. The van der Waals surface area contributed by atoms with E-state index < -0.39 is 11.8 Å². The maximum Gasteiger partial charge on any atom is 0.335 e. The zero-order valence-corrected chi connectivity index (χ0v) is 11.5. The van der Waals surface area contributed by atoms with Crippen LogP contribution in [0.1, 0.15) is 15.9 Å². The Labute approximate surface area is 124 Å². The number of tetrazole rings is 1. The van der Waals surface area contributed by atoms with Crippen LogP contribution in [0.2, 0.25) is 0 Å². The first kappa shape index (κ1) is 13.9. The van der Waals surface area contributed by atoms with Crippen molar-refractivity contribution in [3.63, 3.8) is 0 Å². The lowest BCUT2D eigenvalue weighted by Crippen LogP contribution is -1.98. The number of nitrogens with one attached hydrogen (secondary N) is 1. The molecular weight excluding hydrogens is 287 g/mol. The van der Waals surface area contributed by atoms with E-state index in [0.717, 1.165) is 5.56 Å². The maximum atomic E-state index is 14.1. The molecule has 0 saturated carbocycles. The number of hydrogen-bond donors (Lipinski definition) is 2. The Morgan fingerprint density at radius 2 is 1.95 bits per heavy atom. The number of nitrogens with zero attached hydrogens (tertiary/aromatic N) is 3. The number of halogens is 1. The molecule has 0 fully saturated rings. The van der Waals surface area contributed by atoms with Crippen LogP contribution in [0.5, 0.6) is 0 Å². The molecule has 22 heavy (non-hydrogen) atoms. The highest BCUT2D eigenvalue weighted by Crippen LogP contribution is 2.28. The van der Waals surface area contributed by atoms with Crippen LogP contribution in [0.3, 0.4) is 0 Å². The molecule has 7 heteroatoms. The number of benzene rings is 2. The summed E-state index contributed by atoms with van der Waals surface area (Å²) in [6.45, 7) is 1.78. The second-order valence-electron chi connectivity index (χ2n) is 4.84. The maximum absolute atomic E-state index is 14.1. The molecule has 0 radical (unpaired) electrons. The molecule has 0 amide bonds. The average Bonchev–Trinajstić information content (AvgIpc) is 3.01. The van der Waals surface area contributed by atoms with E-state index in [0.29, 0.717) is 22.5 Å². The van der Waals surface area contributed by atoms with Gasteiger partial charge in [-0.05, 0) is 52.7 Å². The summed E-state index contributed by atoms with van der Waals surface area (Å²) in [6.07, 6.45) is 0. The third kappa shape index (κ3) is 2.56. The van der Waals surface area contributed by atoms with Crippen LogP contribution in [0.25, 0.3) is 22.5 Å². The Kier molecular flexibility index (Phi) is 3.38. The van der Waals surface area contributed by atoms with Crippen molar-refractivity contribution in [2.45, 2.75) is 6.92 Å². The minimum Gasteiger partial charge on any atom is -0.478 e. The third-order valence-corrected chi connectivity index (χ3v) is 3.23. The molecule has 0 aliphatic rings. The van der Waals surface area contributed by atoms with Gasteiger partial charge >= 0.3 is 5.97 Å². The number of carboxylic acid groups (broad SMARTS) is 1. The first-order chi connectivity index (χ1) is 10.5. The minimum absolute atomic E-state index is 0.0314. The van der Waals surface area contributed by atoms with Gasteiger partial charge in [0.05, 0.1) is 5.56 Å². The van der Waals surface area contributed by atoms with Crippen LogP contribution in [0.15, 0.2) is 36.4 Å². The minimum atomic E-state index is -1.11. The fourth-order valence-electron chi connectivity index (χ4n) is 2.18. The standard InChI is InChI=1S/C15H11FN4O2/c1-8-2-3-12(13(16)4-8)9-5-10(14-17-19-20-18-14)7-11(6-9)15(21)22/h2-7H,1H3,(H,21,22)(H,17,18,19,20). The van der Waals surface area contributed by atoms with Crippen LogP contribution in [-0.2, 0) is 0 Å². The van der Waals surface area contributed by atoms with Crippen molar-refractivity contribution in [1.29, 1.82) is 0 Å². The fourth-order valence-corrected chi connectivity index (χ4v) is 2.18. The van der Waals surface area contributed by atoms with E-state index in [-0.39, 0.29) is 5.56 Å². The summed E-state index contributed by atoms with van der Waals surface area (Å²) in [4.78, 5) is 11.3. The number of carbonyl (C=O) groups is 1. The lowest BCUT2D eigenvalue weighted by atomic mass is 9.98. The molecule has 1 aromatic heterocycles. The molecule has 110 valence electrons. The Hall–Kier alpha value is -3.09. The van der Waals surface area contributed by atoms with Crippen molar-refractivity contribution in [1.82, 2.24) is 20.6 Å². The van der Waals surface area contributed by atoms with Gasteiger partial charge in [-0.25, -0.2) is 14.3 Å². The predicted molar refractivity (Wildman–Crippen MR) is 76.7 cm³/mol. The number of hydrogen-bond acceptors (Lipinski definition) is 4. The lowest BCUT2D eigenvalue weighted by Gasteiger charge is -2.08. The van der Waals surface area contributed by atoms with Gasteiger partial charge < -0.3 is 5.11 Å². The number of H-pyrrole nitrogens is 1. The number of aromatic carboxylic acids is 1. The van der Waals surface area contributed by atoms with Gasteiger partial charge in [0.1, 0.15) is 5.82 Å². The van der Waals surface area contributed by atoms with Gasteiger partial charge in [-0.15, -0.1) is 5.10 Å². The number of aromatic nitrogens is 4. The van der Waals surface area contributed by atoms with Gasteiger partial charge in [-0.3, -0.25) is 0 Å². The van der Waals surface area contributed by atoms with Crippen LogP contribution in [-0.4, -0.2) is 31.7 Å². The summed E-state index contributed by atoms with van der Waals surface area (Å²) >= 11 is 0. The first-order valence-corrected chi connectivity index (χ1v) is 6.43. The van der Waals surface area contributed by atoms with Gasteiger partial charge in [0.25, 0.3) is 0 Å². The first-order valence-electron chi connectivity index (χ1n) is 6.43. The SMILES string of the molecule is Cc1ccc(-c2cc(C(=O)O)cc(-c3nnn[nH]3)c2)c(F)c1. The van der Waals surface area contributed by atoms with Crippen molar-refractivity contribution in [3.8, 4) is 22.5 Å². The van der Waals surface area contributed by atoms with Gasteiger partial charge in [0, 0.05) is 11.1 Å². The van der Waals surface area contributed by atoms with Gasteiger partial charge in [0.2, 0.25) is 0 Å². The number of rotatable bonds is 3. The van der Waals surface area contributed by atoms with Crippen molar-refractivity contribution >= 4 is 5.97 Å². The molecule has 6 nitrogen and oxygen atoms in total. The smallest absolute Gasteiger partial charge is 0.335 e. The average molecular weight is 298 g/mol. The normalized spacial score (nSPS) is 10.6. The molecule has 0 aliphatic carbocycles. The highest BCUT2D eigenvalue weighted by molar-refractivity contribution is 5.91. The molecule has 2 aromatic carbocycles. The van der Waals surface area contributed by atoms with E-state index in [1.165, 1.54) is 18.2 Å². The molecular formula is C15H11FN4O2. The third-order valence-electron chi connectivity index (χ3n) is 3.23. The summed E-state index contributed by atoms with van der Waals surface area (Å²) in [5.41, 5.74) is 2.06. The van der Waals surface area contributed by atoms with Crippen LogP contribution in [0.4, 0.5) is 4.39 Å². The fraction of sp³-hybridized carbons (Fsp3) is 0.0667. The number of aromatic amines is 1. The van der Waals surface area contributed by atoms with Crippen LogP contribution >= 0.6 is 0 Å². The van der Waals surface area contributed by atoms with Gasteiger partial charge in [-0.1, -0.05) is 12.1 Å². The Bertz CT molecular complexity index is 847. The van der Waals surface area contributed by atoms with Gasteiger partial charge in [-0.2, -0.15) is 0 Å². The van der Waals surface area contributed by atoms with Crippen molar-refractivity contribution < 1.29 is 14.3 Å². The largest absolute Gasteiger partial charge is 0.478 e. The van der Waals surface area contributed by atoms with Crippen LogP contribution in [0, 0.1) is 12.7 Å². The molecule has 0 bridgehead atoms. The second kappa shape index (κ2) is 5.36. The molecule has 0 unspecified atom stereocenters. The molecule has 0 aliphatic heterocycles. The Morgan fingerprint density at radius 1 is 1.18 bits per heavy atom. The zero-order valence-electron chi connectivity index (χ0n) is 11.5. The highest BCUT2D eigenvalue weighted by Gasteiger charge is 2.13. The van der Waals surface area contributed by atoms with E-state index in [2.05, 4.69) is 20.6 Å². The second-order valence-corrected chi connectivity index (χ2v) is 4.84. The van der Waals surface area contributed by atoms with Crippen molar-refractivity contribution in [2.75, 3.05) is 0 Å². The quantitative estimate of drug-likeness (QED) is 0.775. The molecule has 0 atom stereocenters. The molecule has 3 rings (SSSR count). The van der Waals surface area contributed by atoms with Crippen molar-refractivity contribution in [3.05, 3.63) is 53.3 Å². The monoisotopic (exact) mass is 298 g/mol. The topological polar surface area (TPSA) is 91.8 Å². The summed E-state index contributed by atoms with van der Waals surface area (Å²) in [5, 5.41) is 22.5. The predicted octanol–water partition coefficient (Wildman–Crippen LogP) is 2.68. The van der Waals surface area contributed by atoms with Gasteiger partial charge in [0.15, 0.2) is 5.82 Å². The summed E-state index contributed by atoms with van der Waals surface area (Å²) < 4.78 is 14.1. The van der Waals surface area contributed by atoms with E-state index in [4.69, 9.17) is 0 Å². The summed E-state index contributed by atoms with van der Waals surface area (Å²) in [6, 6.07) is 9.28. The Balaban J connectivity index is 2.20. The number of aryl methyl sites for hydroxylation is 1. The summed E-state index contributed by atoms with van der Waals surface area (Å²) in [7, 11) is 0. The molecule has 1 heterocycles. The van der Waals surface area contributed by atoms with Crippen molar-refractivity contribution in [2.24, 2.45) is 0 Å².